The number of hydrogen-bond acceptors (Lipinski definition) is 4. The summed E-state index contributed by atoms with van der Waals surface area (Å²) in [4.78, 5) is 15.8. The molecule has 0 N–H and O–H groups in total. The number of aromatic nitrogens is 2. The predicted octanol–water partition coefficient (Wildman–Crippen LogP) is 3.77. The highest BCUT2D eigenvalue weighted by atomic mass is 32.1. The second-order valence-corrected chi connectivity index (χ2v) is 6.41. The summed E-state index contributed by atoms with van der Waals surface area (Å²) in [6.07, 6.45) is 3.44. The predicted molar refractivity (Wildman–Crippen MR) is 99.4 cm³/mol. The SMILES string of the molecule is C=CCN(Cc1cccs1)C(=O)c1nn(-c2ccccc2)cc1OC. The monoisotopic (exact) mass is 353 g/mol. The van der Waals surface area contributed by atoms with Crippen LogP contribution >= 0.6 is 11.3 Å². The highest BCUT2D eigenvalue weighted by Gasteiger charge is 2.23. The zero-order valence-corrected chi connectivity index (χ0v) is 14.8. The van der Waals surface area contributed by atoms with Gasteiger partial charge in [0.25, 0.3) is 5.91 Å². The van der Waals surface area contributed by atoms with Crippen molar-refractivity contribution >= 4 is 17.2 Å². The van der Waals surface area contributed by atoms with Crippen LogP contribution in [0.4, 0.5) is 0 Å². The zero-order chi connectivity index (χ0) is 17.6. The minimum Gasteiger partial charge on any atom is -0.493 e. The van der Waals surface area contributed by atoms with Gasteiger partial charge < -0.3 is 9.64 Å². The number of hydrogen-bond donors (Lipinski definition) is 0. The number of methoxy groups -OCH3 is 1. The van der Waals surface area contributed by atoms with Crippen LogP contribution in [0.15, 0.2) is 66.7 Å². The molecule has 0 radical (unpaired) electrons. The molecule has 0 saturated carbocycles. The normalized spacial score (nSPS) is 10.4. The Morgan fingerprint density at radius 1 is 1.32 bits per heavy atom. The third-order valence-electron chi connectivity index (χ3n) is 3.69. The van der Waals surface area contributed by atoms with Gasteiger partial charge in [-0.25, -0.2) is 4.68 Å². The van der Waals surface area contributed by atoms with Crippen molar-refractivity contribution < 1.29 is 9.53 Å². The number of thiophene rings is 1. The maximum Gasteiger partial charge on any atom is 0.278 e. The van der Waals surface area contributed by atoms with Crippen molar-refractivity contribution in [3.8, 4) is 11.4 Å². The highest BCUT2D eigenvalue weighted by Crippen LogP contribution is 2.22. The van der Waals surface area contributed by atoms with Gasteiger partial charge in [0.15, 0.2) is 11.4 Å². The van der Waals surface area contributed by atoms with E-state index in [0.29, 0.717) is 24.5 Å². The van der Waals surface area contributed by atoms with Crippen LogP contribution in [0.3, 0.4) is 0 Å². The van der Waals surface area contributed by atoms with Crippen LogP contribution in [0.1, 0.15) is 15.4 Å². The van der Waals surface area contributed by atoms with E-state index in [4.69, 9.17) is 4.74 Å². The number of para-hydroxylation sites is 1. The number of benzene rings is 1. The molecule has 2 heterocycles. The first-order valence-electron chi connectivity index (χ1n) is 7.84. The second kappa shape index (κ2) is 7.81. The molecule has 25 heavy (non-hydrogen) atoms. The summed E-state index contributed by atoms with van der Waals surface area (Å²) in [6, 6.07) is 13.6. The van der Waals surface area contributed by atoms with E-state index < -0.39 is 0 Å². The summed E-state index contributed by atoms with van der Waals surface area (Å²) in [5.74, 6) is 0.272. The van der Waals surface area contributed by atoms with Crippen LogP contribution in [-0.4, -0.2) is 34.2 Å². The van der Waals surface area contributed by atoms with Gasteiger partial charge in [0.2, 0.25) is 0 Å². The van der Waals surface area contributed by atoms with E-state index in [1.165, 1.54) is 0 Å². The Balaban J connectivity index is 1.91. The van der Waals surface area contributed by atoms with Gasteiger partial charge in [0.05, 0.1) is 25.5 Å². The number of rotatable bonds is 7. The summed E-state index contributed by atoms with van der Waals surface area (Å²) < 4.78 is 7.03. The number of nitrogens with zero attached hydrogens (tertiary/aromatic N) is 3. The van der Waals surface area contributed by atoms with Crippen LogP contribution in [0.25, 0.3) is 5.69 Å². The molecule has 0 aliphatic rings. The van der Waals surface area contributed by atoms with Crippen molar-refractivity contribution in [2.24, 2.45) is 0 Å². The molecular weight excluding hydrogens is 334 g/mol. The number of carbonyl (C=O) groups is 1. The van der Waals surface area contributed by atoms with Crippen LogP contribution < -0.4 is 4.74 Å². The van der Waals surface area contributed by atoms with E-state index in [1.54, 1.807) is 40.3 Å². The van der Waals surface area contributed by atoms with Gasteiger partial charge in [0, 0.05) is 11.4 Å². The fourth-order valence-electron chi connectivity index (χ4n) is 2.48. The Bertz CT molecular complexity index is 841. The Morgan fingerprint density at radius 3 is 2.76 bits per heavy atom. The lowest BCUT2D eigenvalue weighted by Crippen LogP contribution is -2.31. The fraction of sp³-hybridized carbons (Fsp3) is 0.158. The average molecular weight is 353 g/mol. The molecule has 0 bridgehead atoms. The van der Waals surface area contributed by atoms with Crippen molar-refractivity contribution in [3.63, 3.8) is 0 Å². The smallest absolute Gasteiger partial charge is 0.278 e. The maximum absolute atomic E-state index is 13.0. The van der Waals surface area contributed by atoms with Crippen LogP contribution in [0.2, 0.25) is 0 Å². The van der Waals surface area contributed by atoms with E-state index in [9.17, 15) is 4.79 Å². The van der Waals surface area contributed by atoms with Crippen molar-refractivity contribution in [2.45, 2.75) is 6.54 Å². The topological polar surface area (TPSA) is 47.4 Å². The lowest BCUT2D eigenvalue weighted by molar-refractivity contribution is 0.0754. The maximum atomic E-state index is 13.0. The van der Waals surface area contributed by atoms with Crippen molar-refractivity contribution in [3.05, 3.63) is 77.3 Å². The quantitative estimate of drug-likeness (QED) is 0.608. The van der Waals surface area contributed by atoms with Gasteiger partial charge in [0.1, 0.15) is 0 Å². The molecule has 6 heteroatoms. The Morgan fingerprint density at radius 2 is 2.12 bits per heavy atom. The minimum absolute atomic E-state index is 0.181. The molecule has 128 valence electrons. The molecule has 1 amide bonds. The van der Waals surface area contributed by atoms with Gasteiger partial charge in [-0.05, 0) is 23.6 Å². The lowest BCUT2D eigenvalue weighted by Gasteiger charge is -2.19. The standard InChI is InChI=1S/C19H19N3O2S/c1-3-11-21(13-16-10-7-12-25-16)19(23)18-17(24-2)14-22(20-18)15-8-5-4-6-9-15/h3-10,12,14H,1,11,13H2,2H3. The molecule has 0 unspecified atom stereocenters. The average Bonchev–Trinajstić information content (AvgIpc) is 3.31. The van der Waals surface area contributed by atoms with Gasteiger partial charge >= 0.3 is 0 Å². The molecule has 0 aliphatic heterocycles. The Hall–Kier alpha value is -2.86. The molecule has 1 aromatic carbocycles. The van der Waals surface area contributed by atoms with Gasteiger partial charge in [-0.2, -0.15) is 5.10 Å². The minimum atomic E-state index is -0.181. The highest BCUT2D eigenvalue weighted by molar-refractivity contribution is 7.09. The van der Waals surface area contributed by atoms with E-state index in [-0.39, 0.29) is 5.91 Å². The van der Waals surface area contributed by atoms with Gasteiger partial charge in [-0.1, -0.05) is 30.3 Å². The van der Waals surface area contributed by atoms with Crippen molar-refractivity contribution in [1.29, 1.82) is 0 Å². The second-order valence-electron chi connectivity index (χ2n) is 5.38. The third-order valence-corrected chi connectivity index (χ3v) is 4.55. The molecule has 3 aromatic rings. The van der Waals surface area contributed by atoms with Crippen molar-refractivity contribution in [1.82, 2.24) is 14.7 Å². The Labute approximate surface area is 150 Å². The largest absolute Gasteiger partial charge is 0.493 e. The number of ether oxygens (including phenoxy) is 1. The molecule has 5 nitrogen and oxygen atoms in total. The fourth-order valence-corrected chi connectivity index (χ4v) is 3.20. The summed E-state index contributed by atoms with van der Waals surface area (Å²) in [5.41, 5.74) is 1.16. The summed E-state index contributed by atoms with van der Waals surface area (Å²) in [7, 11) is 1.54. The molecule has 3 rings (SSSR count). The lowest BCUT2D eigenvalue weighted by atomic mass is 10.3. The first kappa shape index (κ1) is 17.0. The molecule has 0 atom stereocenters. The zero-order valence-electron chi connectivity index (χ0n) is 14.0. The number of amides is 1. The van der Waals surface area contributed by atoms with E-state index in [1.807, 2.05) is 47.8 Å². The summed E-state index contributed by atoms with van der Waals surface area (Å²) in [6.45, 7) is 4.71. The van der Waals surface area contributed by atoms with Crippen LogP contribution in [0, 0.1) is 0 Å². The van der Waals surface area contributed by atoms with Crippen LogP contribution in [-0.2, 0) is 6.54 Å². The summed E-state index contributed by atoms with van der Waals surface area (Å²) >= 11 is 1.62. The van der Waals surface area contributed by atoms with Crippen LogP contribution in [0.5, 0.6) is 5.75 Å². The van der Waals surface area contributed by atoms with E-state index in [0.717, 1.165) is 10.6 Å². The molecule has 2 aromatic heterocycles. The summed E-state index contributed by atoms with van der Waals surface area (Å²) in [5, 5.41) is 6.45. The third kappa shape index (κ3) is 3.80. The van der Waals surface area contributed by atoms with E-state index in [2.05, 4.69) is 11.7 Å². The first-order chi connectivity index (χ1) is 12.2. The van der Waals surface area contributed by atoms with Gasteiger partial charge in [-0.3, -0.25) is 4.79 Å². The van der Waals surface area contributed by atoms with Gasteiger partial charge in [-0.15, -0.1) is 17.9 Å². The molecule has 0 aliphatic carbocycles. The van der Waals surface area contributed by atoms with Crippen molar-refractivity contribution in [2.75, 3.05) is 13.7 Å². The first-order valence-corrected chi connectivity index (χ1v) is 8.72. The molecular formula is C19H19N3O2S. The number of carbonyl (C=O) groups excluding carboxylic acids is 1. The molecule has 0 fully saturated rings. The van der Waals surface area contributed by atoms with E-state index >= 15 is 0 Å². The molecule has 0 spiro atoms. The Kier molecular flexibility index (Phi) is 5.30. The molecule has 0 saturated heterocycles.